The Hall–Kier alpha value is -2.82. The van der Waals surface area contributed by atoms with Crippen molar-refractivity contribution >= 4 is 17.5 Å². The molecule has 1 heterocycles. The molecule has 0 aliphatic rings. The molecule has 1 aromatic carbocycles. The van der Waals surface area contributed by atoms with Gasteiger partial charge in [0.05, 0.1) is 10.6 Å². The number of nitro groups is 1. The molecular formula is C14H10N2O3. The second-order valence-corrected chi connectivity index (χ2v) is 3.76. The first-order valence-corrected chi connectivity index (χ1v) is 5.55. The second-order valence-electron chi connectivity index (χ2n) is 3.76. The highest BCUT2D eigenvalue weighted by molar-refractivity contribution is 6.06. The molecule has 2 aromatic rings. The number of nitro benzene ring substituents is 1. The van der Waals surface area contributed by atoms with Gasteiger partial charge >= 0.3 is 0 Å². The van der Waals surface area contributed by atoms with Crippen LogP contribution >= 0.6 is 0 Å². The number of ketones is 1. The standard InChI is InChI=1S/C14H10N2O3/c17-14(9-6-12-3-1-2-10-15-12)11-4-7-13(8-5-11)16(18)19/h1-10H. The summed E-state index contributed by atoms with van der Waals surface area (Å²) in [4.78, 5) is 25.9. The monoisotopic (exact) mass is 254 g/mol. The molecule has 0 aliphatic carbocycles. The van der Waals surface area contributed by atoms with Crippen molar-refractivity contribution in [3.63, 3.8) is 0 Å². The summed E-state index contributed by atoms with van der Waals surface area (Å²) in [5.74, 6) is -0.222. The number of nitrogens with zero attached hydrogens (tertiary/aromatic N) is 2. The molecule has 0 bridgehead atoms. The highest BCUT2D eigenvalue weighted by atomic mass is 16.6. The molecule has 0 N–H and O–H groups in total. The lowest BCUT2D eigenvalue weighted by Gasteiger charge is -1.95. The topological polar surface area (TPSA) is 73.1 Å². The normalized spacial score (nSPS) is 10.5. The van der Waals surface area contributed by atoms with Crippen LogP contribution in [0.25, 0.3) is 6.08 Å². The van der Waals surface area contributed by atoms with Crippen LogP contribution in [0.2, 0.25) is 0 Å². The fraction of sp³-hybridized carbons (Fsp3) is 0. The van der Waals surface area contributed by atoms with Crippen molar-refractivity contribution in [3.05, 3.63) is 76.1 Å². The molecule has 1 aromatic heterocycles. The second kappa shape index (κ2) is 5.68. The number of benzene rings is 1. The van der Waals surface area contributed by atoms with Gasteiger partial charge in [-0.15, -0.1) is 0 Å². The first-order valence-electron chi connectivity index (χ1n) is 5.55. The van der Waals surface area contributed by atoms with E-state index in [-0.39, 0.29) is 11.5 Å². The lowest BCUT2D eigenvalue weighted by Crippen LogP contribution is -1.95. The molecule has 0 radical (unpaired) electrons. The van der Waals surface area contributed by atoms with Gasteiger partial charge in [0.1, 0.15) is 0 Å². The molecule has 0 spiro atoms. The lowest BCUT2D eigenvalue weighted by molar-refractivity contribution is -0.384. The van der Waals surface area contributed by atoms with Crippen LogP contribution in [0.1, 0.15) is 16.1 Å². The number of carbonyl (C=O) groups excluding carboxylic acids is 1. The Kier molecular flexibility index (Phi) is 3.78. The lowest BCUT2D eigenvalue weighted by atomic mass is 10.1. The number of rotatable bonds is 4. The van der Waals surface area contributed by atoms with E-state index < -0.39 is 4.92 Å². The predicted octanol–water partition coefficient (Wildman–Crippen LogP) is 2.89. The van der Waals surface area contributed by atoms with Gasteiger partial charge in [0, 0.05) is 23.9 Å². The van der Waals surface area contributed by atoms with Crippen molar-refractivity contribution in [1.82, 2.24) is 4.98 Å². The Morgan fingerprint density at radius 1 is 1.16 bits per heavy atom. The van der Waals surface area contributed by atoms with Gasteiger partial charge in [-0.05, 0) is 36.4 Å². The fourth-order valence-electron chi connectivity index (χ4n) is 1.48. The molecule has 5 heteroatoms. The Labute approximate surface area is 109 Å². The van der Waals surface area contributed by atoms with Crippen LogP contribution in [0.4, 0.5) is 5.69 Å². The summed E-state index contributed by atoms with van der Waals surface area (Å²) in [5, 5.41) is 10.5. The average Bonchev–Trinajstić information content (AvgIpc) is 2.46. The third-order valence-corrected chi connectivity index (χ3v) is 2.46. The minimum Gasteiger partial charge on any atom is -0.289 e. The molecule has 0 unspecified atom stereocenters. The van der Waals surface area contributed by atoms with Crippen molar-refractivity contribution in [1.29, 1.82) is 0 Å². The van der Waals surface area contributed by atoms with E-state index in [9.17, 15) is 14.9 Å². The van der Waals surface area contributed by atoms with E-state index in [1.807, 2.05) is 6.07 Å². The summed E-state index contributed by atoms with van der Waals surface area (Å²) in [6.07, 6.45) is 4.63. The van der Waals surface area contributed by atoms with Crippen LogP contribution < -0.4 is 0 Å². The van der Waals surface area contributed by atoms with Crippen molar-refractivity contribution in [3.8, 4) is 0 Å². The Morgan fingerprint density at radius 2 is 1.89 bits per heavy atom. The van der Waals surface area contributed by atoms with Gasteiger partial charge in [0.15, 0.2) is 5.78 Å². The van der Waals surface area contributed by atoms with Crippen LogP contribution in [0.5, 0.6) is 0 Å². The van der Waals surface area contributed by atoms with Gasteiger partial charge in [0.2, 0.25) is 0 Å². The van der Waals surface area contributed by atoms with Crippen LogP contribution in [0, 0.1) is 10.1 Å². The highest BCUT2D eigenvalue weighted by Crippen LogP contribution is 2.12. The number of non-ortho nitro benzene ring substituents is 1. The van der Waals surface area contributed by atoms with Crippen LogP contribution in [0.15, 0.2) is 54.7 Å². The zero-order chi connectivity index (χ0) is 13.7. The molecular weight excluding hydrogens is 244 g/mol. The zero-order valence-electron chi connectivity index (χ0n) is 9.89. The van der Waals surface area contributed by atoms with Gasteiger partial charge in [0.25, 0.3) is 5.69 Å². The Morgan fingerprint density at radius 3 is 2.47 bits per heavy atom. The molecule has 5 nitrogen and oxygen atoms in total. The van der Waals surface area contributed by atoms with E-state index in [0.717, 1.165) is 0 Å². The smallest absolute Gasteiger partial charge is 0.269 e. The maximum atomic E-state index is 11.8. The van der Waals surface area contributed by atoms with Crippen LogP contribution in [0.3, 0.4) is 0 Å². The number of carbonyl (C=O) groups is 1. The third kappa shape index (κ3) is 3.32. The first kappa shape index (κ1) is 12.6. The summed E-state index contributed by atoms with van der Waals surface area (Å²) in [5.41, 5.74) is 1.04. The summed E-state index contributed by atoms with van der Waals surface area (Å²) in [7, 11) is 0. The van der Waals surface area contributed by atoms with E-state index in [0.29, 0.717) is 11.3 Å². The minimum absolute atomic E-state index is 0.0368. The maximum Gasteiger partial charge on any atom is 0.269 e. The van der Waals surface area contributed by atoms with Gasteiger partial charge < -0.3 is 0 Å². The van der Waals surface area contributed by atoms with Gasteiger partial charge in [-0.25, -0.2) is 0 Å². The Balaban J connectivity index is 2.12. The van der Waals surface area contributed by atoms with Gasteiger partial charge in [-0.3, -0.25) is 19.9 Å². The van der Waals surface area contributed by atoms with E-state index in [1.165, 1.54) is 30.3 Å². The molecule has 0 fully saturated rings. The molecule has 19 heavy (non-hydrogen) atoms. The predicted molar refractivity (Wildman–Crippen MR) is 70.7 cm³/mol. The van der Waals surface area contributed by atoms with E-state index in [4.69, 9.17) is 0 Å². The Bertz CT molecular complexity index is 619. The van der Waals surface area contributed by atoms with Crippen molar-refractivity contribution in [2.45, 2.75) is 0 Å². The van der Waals surface area contributed by atoms with Gasteiger partial charge in [-0.2, -0.15) is 0 Å². The largest absolute Gasteiger partial charge is 0.289 e. The zero-order valence-corrected chi connectivity index (χ0v) is 9.89. The summed E-state index contributed by atoms with van der Waals surface area (Å²) < 4.78 is 0. The quantitative estimate of drug-likeness (QED) is 0.364. The van der Waals surface area contributed by atoms with Crippen LogP contribution in [-0.2, 0) is 0 Å². The molecule has 0 saturated heterocycles. The fourth-order valence-corrected chi connectivity index (χ4v) is 1.48. The average molecular weight is 254 g/mol. The summed E-state index contributed by atoms with van der Waals surface area (Å²) in [6, 6.07) is 10.9. The van der Waals surface area contributed by atoms with Crippen molar-refractivity contribution in [2.75, 3.05) is 0 Å². The van der Waals surface area contributed by atoms with E-state index in [1.54, 1.807) is 24.4 Å². The number of allylic oxidation sites excluding steroid dienone is 1. The molecule has 94 valence electrons. The van der Waals surface area contributed by atoms with Crippen molar-refractivity contribution in [2.24, 2.45) is 0 Å². The van der Waals surface area contributed by atoms with Crippen molar-refractivity contribution < 1.29 is 9.72 Å². The molecule has 0 atom stereocenters. The first-order chi connectivity index (χ1) is 9.16. The maximum absolute atomic E-state index is 11.8. The molecule has 0 amide bonds. The molecule has 0 aliphatic heterocycles. The number of aromatic nitrogens is 1. The summed E-state index contributed by atoms with van der Waals surface area (Å²) in [6.45, 7) is 0. The number of hydrogen-bond donors (Lipinski definition) is 0. The third-order valence-electron chi connectivity index (χ3n) is 2.46. The number of hydrogen-bond acceptors (Lipinski definition) is 4. The van der Waals surface area contributed by atoms with Gasteiger partial charge in [-0.1, -0.05) is 6.07 Å². The molecule has 2 rings (SSSR count). The van der Waals surface area contributed by atoms with Crippen LogP contribution in [-0.4, -0.2) is 15.7 Å². The SMILES string of the molecule is O=C(C=Cc1ccccn1)c1ccc([N+](=O)[O-])cc1. The highest BCUT2D eigenvalue weighted by Gasteiger charge is 2.07. The molecule has 0 saturated carbocycles. The van der Waals surface area contributed by atoms with E-state index >= 15 is 0 Å². The van der Waals surface area contributed by atoms with E-state index in [2.05, 4.69) is 4.98 Å². The number of pyridine rings is 1. The summed E-state index contributed by atoms with van der Waals surface area (Å²) >= 11 is 0. The minimum atomic E-state index is -0.502.